The number of thiophene rings is 1. The number of hydrogen-bond acceptors (Lipinski definition) is 7. The minimum Gasteiger partial charge on any atom is -0.368 e. The molecule has 0 radical (unpaired) electrons. The van der Waals surface area contributed by atoms with Gasteiger partial charge in [-0.05, 0) is 36.8 Å². The van der Waals surface area contributed by atoms with Gasteiger partial charge in [0.1, 0.15) is 11.5 Å². The first-order valence-electron chi connectivity index (χ1n) is 9.62. The molecule has 8 nitrogen and oxygen atoms in total. The minimum atomic E-state index is -0.507. The van der Waals surface area contributed by atoms with Crippen LogP contribution in [0.15, 0.2) is 35.5 Å². The Morgan fingerprint density at radius 3 is 2.70 bits per heavy atom. The first-order valence-corrected chi connectivity index (χ1v) is 11.4. The van der Waals surface area contributed by atoms with E-state index in [2.05, 4.69) is 15.5 Å². The van der Waals surface area contributed by atoms with E-state index in [-0.39, 0.29) is 18.4 Å². The van der Waals surface area contributed by atoms with E-state index in [9.17, 15) is 9.59 Å². The van der Waals surface area contributed by atoms with Gasteiger partial charge in [-0.15, -0.1) is 21.5 Å². The van der Waals surface area contributed by atoms with Gasteiger partial charge in [0.15, 0.2) is 5.16 Å². The first kappa shape index (κ1) is 20.4. The van der Waals surface area contributed by atoms with Gasteiger partial charge in [0.2, 0.25) is 11.9 Å². The van der Waals surface area contributed by atoms with Crippen molar-refractivity contribution in [3.8, 4) is 0 Å². The normalized spacial score (nSPS) is 13.1. The van der Waals surface area contributed by atoms with Crippen LogP contribution >= 0.6 is 23.1 Å². The molecule has 4 rings (SSSR count). The molecule has 156 valence electrons. The number of benzene rings is 1. The van der Waals surface area contributed by atoms with E-state index in [4.69, 9.17) is 11.5 Å². The van der Waals surface area contributed by atoms with Crippen molar-refractivity contribution in [2.75, 3.05) is 11.1 Å². The minimum absolute atomic E-state index is 0.0449. The fourth-order valence-electron chi connectivity index (χ4n) is 3.50. The largest absolute Gasteiger partial charge is 0.368 e. The Hall–Kier alpha value is -2.85. The molecule has 1 aliphatic carbocycles. The van der Waals surface area contributed by atoms with Crippen LogP contribution in [0.1, 0.15) is 39.2 Å². The number of carbonyl (C=O) groups is 2. The SMILES string of the molecule is NC(=O)c1c(NC(=O)Cn2c(N)nnc2SCc2ccccc2)sc2c1CCCC2. The van der Waals surface area contributed by atoms with Crippen molar-refractivity contribution in [1.82, 2.24) is 14.8 Å². The maximum absolute atomic E-state index is 12.7. The molecule has 2 aromatic heterocycles. The molecule has 0 unspecified atom stereocenters. The molecule has 0 aliphatic heterocycles. The molecular weight excluding hydrogens is 420 g/mol. The zero-order valence-electron chi connectivity index (χ0n) is 16.3. The average molecular weight is 443 g/mol. The summed E-state index contributed by atoms with van der Waals surface area (Å²) in [4.78, 5) is 25.9. The highest BCUT2D eigenvalue weighted by molar-refractivity contribution is 7.98. The van der Waals surface area contributed by atoms with Crippen molar-refractivity contribution in [3.63, 3.8) is 0 Å². The third-order valence-electron chi connectivity index (χ3n) is 4.93. The summed E-state index contributed by atoms with van der Waals surface area (Å²) in [6.07, 6.45) is 3.84. The number of rotatable bonds is 7. The summed E-state index contributed by atoms with van der Waals surface area (Å²) in [5.41, 5.74) is 14.1. The number of nitrogen functional groups attached to an aromatic ring is 1. The van der Waals surface area contributed by atoms with Gasteiger partial charge >= 0.3 is 0 Å². The second kappa shape index (κ2) is 8.88. The highest BCUT2D eigenvalue weighted by Gasteiger charge is 2.25. The van der Waals surface area contributed by atoms with Gasteiger partial charge in [-0.2, -0.15) is 0 Å². The lowest BCUT2D eigenvalue weighted by Crippen LogP contribution is -2.22. The summed E-state index contributed by atoms with van der Waals surface area (Å²) >= 11 is 2.89. The number of nitrogens with two attached hydrogens (primary N) is 2. The summed E-state index contributed by atoms with van der Waals surface area (Å²) in [5.74, 6) is 0.0439. The van der Waals surface area contributed by atoms with E-state index in [1.165, 1.54) is 23.1 Å². The summed E-state index contributed by atoms with van der Waals surface area (Å²) < 4.78 is 1.57. The number of nitrogens with zero attached hydrogens (tertiary/aromatic N) is 3. The molecule has 1 aliphatic rings. The van der Waals surface area contributed by atoms with Crippen LogP contribution < -0.4 is 16.8 Å². The van der Waals surface area contributed by atoms with Gasteiger partial charge in [0.25, 0.3) is 5.91 Å². The zero-order valence-corrected chi connectivity index (χ0v) is 17.9. The van der Waals surface area contributed by atoms with Crippen LogP contribution in [0.25, 0.3) is 0 Å². The smallest absolute Gasteiger partial charge is 0.251 e. The third-order valence-corrected chi connectivity index (χ3v) is 7.17. The molecular formula is C20H22N6O2S2. The number of carbonyl (C=O) groups excluding carboxylic acids is 2. The van der Waals surface area contributed by atoms with E-state index < -0.39 is 5.91 Å². The number of nitrogens with one attached hydrogen (secondary N) is 1. The monoisotopic (exact) mass is 442 g/mol. The fourth-order valence-corrected chi connectivity index (χ4v) is 5.71. The predicted octanol–water partition coefficient (Wildman–Crippen LogP) is 2.83. The number of thioether (sulfide) groups is 1. The van der Waals surface area contributed by atoms with Crippen LogP contribution in [0.2, 0.25) is 0 Å². The fraction of sp³-hybridized carbons (Fsp3) is 0.300. The topological polar surface area (TPSA) is 129 Å². The van der Waals surface area contributed by atoms with Gasteiger partial charge < -0.3 is 16.8 Å². The van der Waals surface area contributed by atoms with E-state index in [0.717, 1.165) is 41.7 Å². The van der Waals surface area contributed by atoms with Crippen molar-refractivity contribution in [2.24, 2.45) is 5.73 Å². The average Bonchev–Trinajstić information content (AvgIpc) is 3.27. The summed E-state index contributed by atoms with van der Waals surface area (Å²) in [5, 5.41) is 11.9. The Kier molecular flexibility index (Phi) is 6.05. The van der Waals surface area contributed by atoms with Crippen molar-refractivity contribution in [2.45, 2.75) is 43.1 Å². The van der Waals surface area contributed by atoms with Crippen LogP contribution in [0.5, 0.6) is 0 Å². The Bertz CT molecular complexity index is 1080. The molecule has 30 heavy (non-hydrogen) atoms. The third kappa shape index (κ3) is 4.34. The van der Waals surface area contributed by atoms with Gasteiger partial charge in [-0.25, -0.2) is 0 Å². The molecule has 10 heteroatoms. The van der Waals surface area contributed by atoms with Crippen molar-refractivity contribution in [3.05, 3.63) is 51.9 Å². The molecule has 1 aromatic carbocycles. The van der Waals surface area contributed by atoms with Crippen molar-refractivity contribution >= 4 is 45.9 Å². The summed E-state index contributed by atoms with van der Waals surface area (Å²) in [7, 11) is 0. The van der Waals surface area contributed by atoms with Crippen LogP contribution in [-0.2, 0) is 29.9 Å². The molecule has 0 saturated heterocycles. The second-order valence-corrected chi connectivity index (χ2v) is 9.08. The lowest BCUT2D eigenvalue weighted by molar-refractivity contribution is -0.116. The molecule has 3 aromatic rings. The van der Waals surface area contributed by atoms with Crippen LogP contribution in [0.4, 0.5) is 10.9 Å². The quantitative estimate of drug-likeness (QED) is 0.483. The molecule has 0 fully saturated rings. The van der Waals surface area contributed by atoms with Crippen LogP contribution in [0.3, 0.4) is 0 Å². The second-order valence-electron chi connectivity index (χ2n) is 7.03. The summed E-state index contributed by atoms with van der Waals surface area (Å²) in [6, 6.07) is 9.95. The number of aromatic nitrogens is 3. The van der Waals surface area contributed by atoms with Gasteiger partial charge in [0, 0.05) is 10.6 Å². The maximum atomic E-state index is 12.7. The molecule has 0 saturated carbocycles. The number of anilines is 2. The zero-order chi connectivity index (χ0) is 21.1. The number of primary amides is 1. The summed E-state index contributed by atoms with van der Waals surface area (Å²) in [6.45, 7) is -0.0449. The van der Waals surface area contributed by atoms with E-state index >= 15 is 0 Å². The molecule has 5 N–H and O–H groups in total. The standard InChI is InChI=1S/C20H22N6O2S2/c21-17(28)16-13-8-4-5-9-14(13)30-18(16)23-15(27)10-26-19(22)24-25-20(26)29-11-12-6-2-1-3-7-12/h1-3,6-7H,4-5,8-11H2,(H2,21,28)(H2,22,24)(H,23,27). The van der Waals surface area contributed by atoms with E-state index in [1.807, 2.05) is 30.3 Å². The predicted molar refractivity (Wildman–Crippen MR) is 119 cm³/mol. The lowest BCUT2D eigenvalue weighted by atomic mass is 9.95. The first-order chi connectivity index (χ1) is 14.5. The van der Waals surface area contributed by atoms with Crippen LogP contribution in [0, 0.1) is 0 Å². The Labute approximate surface area is 182 Å². The van der Waals surface area contributed by atoms with Gasteiger partial charge in [-0.3, -0.25) is 14.2 Å². The molecule has 0 bridgehead atoms. The highest BCUT2D eigenvalue weighted by Crippen LogP contribution is 2.38. The van der Waals surface area contributed by atoms with Gasteiger partial charge in [0.05, 0.1) is 5.56 Å². The lowest BCUT2D eigenvalue weighted by Gasteiger charge is -2.11. The molecule has 2 heterocycles. The van der Waals surface area contributed by atoms with E-state index in [1.54, 1.807) is 4.57 Å². The van der Waals surface area contributed by atoms with Gasteiger partial charge in [-0.1, -0.05) is 42.1 Å². The molecule has 0 spiro atoms. The maximum Gasteiger partial charge on any atom is 0.251 e. The number of hydrogen-bond donors (Lipinski definition) is 3. The Balaban J connectivity index is 1.48. The number of aryl methyl sites for hydroxylation is 1. The van der Waals surface area contributed by atoms with E-state index in [0.29, 0.717) is 21.5 Å². The molecule has 2 amide bonds. The van der Waals surface area contributed by atoms with Crippen molar-refractivity contribution < 1.29 is 9.59 Å². The van der Waals surface area contributed by atoms with Crippen molar-refractivity contribution in [1.29, 1.82) is 0 Å². The molecule has 0 atom stereocenters. The highest BCUT2D eigenvalue weighted by atomic mass is 32.2. The Morgan fingerprint density at radius 2 is 1.93 bits per heavy atom. The van der Waals surface area contributed by atoms with Crippen LogP contribution in [-0.4, -0.2) is 26.6 Å². The number of amides is 2. The Morgan fingerprint density at radius 1 is 1.17 bits per heavy atom. The number of fused-ring (bicyclic) bond motifs is 1.